The second kappa shape index (κ2) is 20.5. The quantitative estimate of drug-likeness (QED) is 0.0388. The lowest BCUT2D eigenvalue weighted by Crippen LogP contribution is -2.32. The summed E-state index contributed by atoms with van der Waals surface area (Å²) in [6, 6.07) is 20.9. The maximum Gasteiger partial charge on any atom is 0.338 e. The van der Waals surface area contributed by atoms with E-state index < -0.39 is 17.4 Å². The molecule has 0 atom stereocenters. The number of benzene rings is 4. The van der Waals surface area contributed by atoms with E-state index >= 15 is 0 Å². The van der Waals surface area contributed by atoms with Crippen LogP contribution in [-0.4, -0.2) is 38.4 Å². The minimum Gasteiger partial charge on any atom is -0.493 e. The van der Waals surface area contributed by atoms with E-state index in [1.54, 1.807) is 13.8 Å². The molecule has 0 bridgehead atoms. The number of carbonyl (C=O) groups is 2. The number of carbonyl (C=O) groups excluding carboxylic acids is 2. The standard InChI is InChI=1S/C51H62O8/c1-11-21-37-45(56-29-15-5)41(31-43(54-27-13-3)47(37)58-49(52)33(7)8)51(39-25-19-17-23-35(39)36-24-18-20-26-40(36)51)42-32-44(55-28-14-4)48(59-50(53)34(9)10)38(22-12-2)46(42)57-30-16-6/h17-20,23-26,31-32H,7,9,11-16,21-22,27-30H2,1-6,8,10H3. The molecule has 8 heteroatoms. The van der Waals surface area contributed by atoms with E-state index in [4.69, 9.17) is 28.4 Å². The molecule has 0 fully saturated rings. The second-order valence-electron chi connectivity index (χ2n) is 15.2. The van der Waals surface area contributed by atoms with Gasteiger partial charge in [0.25, 0.3) is 0 Å². The predicted octanol–water partition coefficient (Wildman–Crippen LogP) is 12.1. The van der Waals surface area contributed by atoms with Gasteiger partial charge < -0.3 is 28.4 Å². The smallest absolute Gasteiger partial charge is 0.338 e. The number of ether oxygens (including phenoxy) is 6. The van der Waals surface area contributed by atoms with Crippen molar-refractivity contribution in [1.29, 1.82) is 0 Å². The highest BCUT2D eigenvalue weighted by Crippen LogP contribution is 2.63. The van der Waals surface area contributed by atoms with Gasteiger partial charge in [0, 0.05) is 33.4 Å². The number of rotatable bonds is 22. The van der Waals surface area contributed by atoms with Crippen molar-refractivity contribution in [2.75, 3.05) is 26.4 Å². The fraction of sp³-hybridized carbons (Fsp3) is 0.412. The summed E-state index contributed by atoms with van der Waals surface area (Å²) in [5.41, 5.74) is 6.67. The van der Waals surface area contributed by atoms with Crippen LogP contribution < -0.4 is 28.4 Å². The van der Waals surface area contributed by atoms with Crippen LogP contribution in [0.4, 0.5) is 0 Å². The molecule has 0 heterocycles. The molecule has 1 aliphatic rings. The van der Waals surface area contributed by atoms with Crippen molar-refractivity contribution >= 4 is 11.9 Å². The van der Waals surface area contributed by atoms with Crippen LogP contribution in [0.1, 0.15) is 127 Å². The number of esters is 2. The minimum absolute atomic E-state index is 0.275. The lowest BCUT2D eigenvalue weighted by atomic mass is 9.66. The van der Waals surface area contributed by atoms with Crippen LogP contribution in [-0.2, 0) is 27.8 Å². The molecule has 8 nitrogen and oxygen atoms in total. The third-order valence-electron chi connectivity index (χ3n) is 10.3. The van der Waals surface area contributed by atoms with Crippen molar-refractivity contribution in [2.24, 2.45) is 0 Å². The Bertz CT molecular complexity index is 2010. The molecule has 0 aliphatic heterocycles. The van der Waals surface area contributed by atoms with Gasteiger partial charge in [0.2, 0.25) is 0 Å². The molecule has 0 saturated carbocycles. The molecule has 0 N–H and O–H groups in total. The van der Waals surface area contributed by atoms with Gasteiger partial charge >= 0.3 is 11.9 Å². The maximum absolute atomic E-state index is 13.4. The van der Waals surface area contributed by atoms with Crippen molar-refractivity contribution < 1.29 is 38.0 Å². The molecule has 5 rings (SSSR count). The highest BCUT2D eigenvalue weighted by atomic mass is 16.6. The Morgan fingerprint density at radius 3 is 1.19 bits per heavy atom. The Hall–Kier alpha value is -5.50. The molecular weight excluding hydrogens is 741 g/mol. The summed E-state index contributed by atoms with van der Waals surface area (Å²) in [7, 11) is 0. The zero-order valence-corrected chi connectivity index (χ0v) is 36.4. The molecule has 4 aromatic rings. The van der Waals surface area contributed by atoms with Crippen molar-refractivity contribution in [3.8, 4) is 45.6 Å². The molecule has 0 amide bonds. The topological polar surface area (TPSA) is 89.5 Å². The first-order valence-electron chi connectivity index (χ1n) is 21.4. The Kier molecular flexibility index (Phi) is 15.5. The van der Waals surface area contributed by atoms with Gasteiger partial charge in [-0.25, -0.2) is 9.59 Å². The second-order valence-corrected chi connectivity index (χ2v) is 15.2. The SMILES string of the molecule is C=C(C)C(=O)Oc1c(OCCC)cc(C2(c3cc(OCCC)c(OC(=O)C(=C)C)c(CCC)c3OCCC)c3ccccc3-c3ccccc32)c(OCCC)c1CCC. The van der Waals surface area contributed by atoms with Crippen LogP contribution in [0.2, 0.25) is 0 Å². The summed E-state index contributed by atoms with van der Waals surface area (Å²) in [4.78, 5) is 26.8. The van der Waals surface area contributed by atoms with Gasteiger partial charge in [0.05, 0.1) is 31.8 Å². The number of hydrogen-bond acceptors (Lipinski definition) is 8. The molecular formula is C51H62O8. The van der Waals surface area contributed by atoms with Gasteiger partial charge in [0.15, 0.2) is 23.0 Å². The molecule has 59 heavy (non-hydrogen) atoms. The maximum atomic E-state index is 13.4. The summed E-state index contributed by atoms with van der Waals surface area (Å²) in [6.07, 6.45) is 5.49. The van der Waals surface area contributed by atoms with Gasteiger partial charge in [-0.1, -0.05) is 116 Å². The van der Waals surface area contributed by atoms with Gasteiger partial charge in [-0.05, 0) is 86.8 Å². The highest BCUT2D eigenvalue weighted by Gasteiger charge is 2.51. The van der Waals surface area contributed by atoms with Crippen LogP contribution in [0, 0.1) is 0 Å². The number of hydrogen-bond donors (Lipinski definition) is 0. The predicted molar refractivity (Wildman–Crippen MR) is 236 cm³/mol. The van der Waals surface area contributed by atoms with Crippen molar-refractivity contribution in [1.82, 2.24) is 0 Å². The Labute approximate surface area is 351 Å². The summed E-state index contributed by atoms with van der Waals surface area (Å²) >= 11 is 0. The van der Waals surface area contributed by atoms with E-state index in [1.807, 2.05) is 26.0 Å². The summed E-state index contributed by atoms with van der Waals surface area (Å²) < 4.78 is 39.6. The van der Waals surface area contributed by atoms with E-state index in [1.165, 1.54) is 0 Å². The van der Waals surface area contributed by atoms with Crippen LogP contribution >= 0.6 is 0 Å². The molecule has 1 aliphatic carbocycles. The molecule has 314 valence electrons. The first-order chi connectivity index (χ1) is 28.5. The third kappa shape index (κ3) is 8.92. The van der Waals surface area contributed by atoms with Crippen LogP contribution in [0.15, 0.2) is 85.0 Å². The third-order valence-corrected chi connectivity index (χ3v) is 10.3. The zero-order chi connectivity index (χ0) is 42.7. The fourth-order valence-electron chi connectivity index (χ4n) is 7.78. The molecule has 0 saturated heterocycles. The monoisotopic (exact) mass is 802 g/mol. The Morgan fingerprint density at radius 1 is 0.492 bits per heavy atom. The first-order valence-corrected chi connectivity index (χ1v) is 21.4. The van der Waals surface area contributed by atoms with E-state index in [9.17, 15) is 9.59 Å². The van der Waals surface area contributed by atoms with E-state index in [0.717, 1.165) is 83.0 Å². The van der Waals surface area contributed by atoms with Crippen molar-refractivity contribution in [3.05, 3.63) is 118 Å². The van der Waals surface area contributed by atoms with Crippen LogP contribution in [0.5, 0.6) is 34.5 Å². The average molecular weight is 803 g/mol. The summed E-state index contributed by atoms with van der Waals surface area (Å²) in [5.74, 6) is 1.68. The van der Waals surface area contributed by atoms with Crippen molar-refractivity contribution in [3.63, 3.8) is 0 Å². The molecule has 0 spiro atoms. The van der Waals surface area contributed by atoms with E-state index in [-0.39, 0.29) is 11.1 Å². The largest absolute Gasteiger partial charge is 0.493 e. The molecule has 0 unspecified atom stereocenters. The fourth-order valence-corrected chi connectivity index (χ4v) is 7.78. The lowest BCUT2D eigenvalue weighted by Gasteiger charge is -2.38. The lowest BCUT2D eigenvalue weighted by molar-refractivity contribution is -0.131. The Morgan fingerprint density at radius 2 is 0.847 bits per heavy atom. The molecule has 4 aromatic carbocycles. The average Bonchev–Trinajstić information content (AvgIpc) is 3.53. The van der Waals surface area contributed by atoms with Crippen LogP contribution in [0.25, 0.3) is 11.1 Å². The summed E-state index contributed by atoms with van der Waals surface area (Å²) in [6.45, 7) is 25.1. The highest BCUT2D eigenvalue weighted by molar-refractivity contribution is 5.92. The van der Waals surface area contributed by atoms with Crippen molar-refractivity contribution in [2.45, 2.75) is 112 Å². The van der Waals surface area contributed by atoms with Gasteiger partial charge in [-0.2, -0.15) is 0 Å². The normalized spacial score (nSPS) is 12.3. The molecule has 0 aromatic heterocycles. The zero-order valence-electron chi connectivity index (χ0n) is 36.4. The number of fused-ring (bicyclic) bond motifs is 3. The first kappa shape index (κ1) is 44.6. The Balaban J connectivity index is 2.12. The van der Waals surface area contributed by atoms with Crippen LogP contribution in [0.3, 0.4) is 0 Å². The van der Waals surface area contributed by atoms with Gasteiger partial charge in [0.1, 0.15) is 11.5 Å². The summed E-state index contributed by atoms with van der Waals surface area (Å²) in [5, 5.41) is 0. The van der Waals surface area contributed by atoms with Gasteiger partial charge in [-0.3, -0.25) is 0 Å². The van der Waals surface area contributed by atoms with E-state index in [2.05, 4.69) is 89.4 Å². The molecule has 0 radical (unpaired) electrons. The minimum atomic E-state index is -1.10. The van der Waals surface area contributed by atoms with Gasteiger partial charge in [-0.15, -0.1) is 0 Å². The van der Waals surface area contributed by atoms with E-state index in [0.29, 0.717) is 73.8 Å².